The molecule has 1 aromatic carbocycles. The Morgan fingerprint density at radius 3 is 2.54 bits per heavy atom. The number of nitrogens with zero attached hydrogens (tertiary/aromatic N) is 4. The Kier molecular flexibility index (Phi) is 3.94. The molecule has 1 aliphatic heterocycles. The first kappa shape index (κ1) is 14.8. The van der Waals surface area contributed by atoms with Gasteiger partial charge in [0.05, 0.1) is 5.56 Å². The third-order valence-electron chi connectivity index (χ3n) is 4.17. The molecule has 3 heterocycles. The van der Waals surface area contributed by atoms with E-state index in [0.29, 0.717) is 18.1 Å². The molecule has 0 amide bonds. The molecule has 1 aliphatic rings. The maximum atomic E-state index is 12.9. The van der Waals surface area contributed by atoms with E-state index in [2.05, 4.69) is 20.0 Å². The van der Waals surface area contributed by atoms with E-state index in [1.54, 1.807) is 18.3 Å². The van der Waals surface area contributed by atoms with Gasteiger partial charge >= 0.3 is 0 Å². The molecule has 5 nitrogen and oxygen atoms in total. The van der Waals surface area contributed by atoms with Crippen LogP contribution >= 0.6 is 0 Å². The van der Waals surface area contributed by atoms with Crippen LogP contribution in [0.4, 0.5) is 10.2 Å². The van der Waals surface area contributed by atoms with Gasteiger partial charge in [0, 0.05) is 25.7 Å². The van der Waals surface area contributed by atoms with Crippen LogP contribution in [0.25, 0.3) is 11.5 Å². The fourth-order valence-corrected chi connectivity index (χ4v) is 2.87. The third kappa shape index (κ3) is 3.13. The number of hydrogen-bond acceptors (Lipinski definition) is 5. The van der Waals surface area contributed by atoms with Gasteiger partial charge in [-0.15, -0.1) is 0 Å². The van der Waals surface area contributed by atoms with Gasteiger partial charge in [-0.3, -0.25) is 0 Å². The monoisotopic (exact) mass is 324 g/mol. The van der Waals surface area contributed by atoms with Crippen molar-refractivity contribution in [3.63, 3.8) is 0 Å². The molecule has 0 spiro atoms. The summed E-state index contributed by atoms with van der Waals surface area (Å²) >= 11 is 0. The number of rotatable bonds is 4. The standard InChI is InChI=1S/C18H17FN4O/c19-15-6-3-13(4-7-15)11-16-21-18(24-22-16)14-5-8-17(20-12-14)23-9-1-2-10-23/h3-8,12H,1-2,9-11H2. The van der Waals surface area contributed by atoms with Crippen molar-refractivity contribution in [1.29, 1.82) is 0 Å². The highest BCUT2D eigenvalue weighted by Gasteiger charge is 2.15. The smallest absolute Gasteiger partial charge is 0.259 e. The molecular weight excluding hydrogens is 307 g/mol. The first-order chi connectivity index (χ1) is 11.8. The molecular formula is C18H17FN4O. The van der Waals surface area contributed by atoms with Gasteiger partial charge in [0.25, 0.3) is 5.89 Å². The number of aromatic nitrogens is 3. The van der Waals surface area contributed by atoms with Crippen molar-refractivity contribution in [2.45, 2.75) is 19.3 Å². The van der Waals surface area contributed by atoms with Crippen LogP contribution in [0.5, 0.6) is 0 Å². The lowest BCUT2D eigenvalue weighted by atomic mass is 10.1. The minimum Gasteiger partial charge on any atom is -0.357 e. The summed E-state index contributed by atoms with van der Waals surface area (Å²) in [7, 11) is 0. The summed E-state index contributed by atoms with van der Waals surface area (Å²) in [5.41, 5.74) is 1.74. The zero-order chi connectivity index (χ0) is 16.4. The van der Waals surface area contributed by atoms with E-state index in [0.717, 1.165) is 30.0 Å². The van der Waals surface area contributed by atoms with Crippen molar-refractivity contribution in [1.82, 2.24) is 15.1 Å². The Balaban J connectivity index is 1.48. The van der Waals surface area contributed by atoms with Crippen LogP contribution < -0.4 is 4.90 Å². The van der Waals surface area contributed by atoms with Crippen molar-refractivity contribution in [3.05, 3.63) is 59.8 Å². The molecule has 0 atom stereocenters. The van der Waals surface area contributed by atoms with Crippen molar-refractivity contribution in [3.8, 4) is 11.5 Å². The molecule has 0 bridgehead atoms. The van der Waals surface area contributed by atoms with Crippen LogP contribution in [0.1, 0.15) is 24.2 Å². The van der Waals surface area contributed by atoms with E-state index >= 15 is 0 Å². The summed E-state index contributed by atoms with van der Waals surface area (Å²) in [6.07, 6.45) is 4.71. The predicted molar refractivity (Wildman–Crippen MR) is 88.2 cm³/mol. The Bertz CT molecular complexity index is 808. The molecule has 6 heteroatoms. The molecule has 0 saturated carbocycles. The summed E-state index contributed by atoms with van der Waals surface area (Å²) in [6.45, 7) is 2.13. The molecule has 1 fully saturated rings. The van der Waals surface area contributed by atoms with Crippen molar-refractivity contribution in [2.24, 2.45) is 0 Å². The molecule has 1 saturated heterocycles. The van der Waals surface area contributed by atoms with Gasteiger partial charge in [-0.25, -0.2) is 9.37 Å². The number of hydrogen-bond donors (Lipinski definition) is 0. The quantitative estimate of drug-likeness (QED) is 0.735. The van der Waals surface area contributed by atoms with E-state index < -0.39 is 0 Å². The SMILES string of the molecule is Fc1ccc(Cc2noc(-c3ccc(N4CCCC4)nc3)n2)cc1. The van der Waals surface area contributed by atoms with E-state index in [1.165, 1.54) is 25.0 Å². The van der Waals surface area contributed by atoms with E-state index in [9.17, 15) is 4.39 Å². The molecule has 0 unspecified atom stereocenters. The molecule has 4 rings (SSSR count). The van der Waals surface area contributed by atoms with Crippen molar-refractivity contribution >= 4 is 5.82 Å². The summed E-state index contributed by atoms with van der Waals surface area (Å²) in [6, 6.07) is 10.2. The number of halogens is 1. The van der Waals surface area contributed by atoms with Crippen LogP contribution in [0.3, 0.4) is 0 Å². The minimum absolute atomic E-state index is 0.253. The maximum absolute atomic E-state index is 12.9. The van der Waals surface area contributed by atoms with Crippen LogP contribution in [0, 0.1) is 5.82 Å². The lowest BCUT2D eigenvalue weighted by Crippen LogP contribution is -2.18. The lowest BCUT2D eigenvalue weighted by Gasteiger charge is -2.15. The summed E-state index contributed by atoms with van der Waals surface area (Å²) in [5.74, 6) is 1.76. The van der Waals surface area contributed by atoms with Gasteiger partial charge in [0.1, 0.15) is 11.6 Å². The zero-order valence-corrected chi connectivity index (χ0v) is 13.2. The topological polar surface area (TPSA) is 55.1 Å². The minimum atomic E-state index is -0.253. The predicted octanol–water partition coefficient (Wildman–Crippen LogP) is 3.46. The zero-order valence-electron chi connectivity index (χ0n) is 13.2. The highest BCUT2D eigenvalue weighted by Crippen LogP contribution is 2.22. The first-order valence-corrected chi connectivity index (χ1v) is 8.06. The van der Waals surface area contributed by atoms with Crippen LogP contribution in [-0.4, -0.2) is 28.2 Å². The fraction of sp³-hybridized carbons (Fsp3) is 0.278. The second-order valence-electron chi connectivity index (χ2n) is 5.92. The van der Waals surface area contributed by atoms with Gasteiger partial charge in [0.15, 0.2) is 5.82 Å². The average molecular weight is 324 g/mol. The number of pyridine rings is 1. The van der Waals surface area contributed by atoms with Gasteiger partial charge < -0.3 is 9.42 Å². The summed E-state index contributed by atoms with van der Waals surface area (Å²) in [4.78, 5) is 11.2. The maximum Gasteiger partial charge on any atom is 0.259 e. The second-order valence-corrected chi connectivity index (χ2v) is 5.92. The van der Waals surface area contributed by atoms with Crippen LogP contribution in [-0.2, 0) is 6.42 Å². The van der Waals surface area contributed by atoms with Gasteiger partial charge in [-0.2, -0.15) is 4.98 Å². The van der Waals surface area contributed by atoms with Gasteiger partial charge in [0.2, 0.25) is 0 Å². The van der Waals surface area contributed by atoms with Gasteiger partial charge in [-0.05, 0) is 42.7 Å². The number of anilines is 1. The molecule has 3 aromatic rings. The lowest BCUT2D eigenvalue weighted by molar-refractivity contribution is 0.424. The van der Waals surface area contributed by atoms with E-state index in [1.807, 2.05) is 12.1 Å². The summed E-state index contributed by atoms with van der Waals surface area (Å²) < 4.78 is 18.3. The van der Waals surface area contributed by atoms with Crippen LogP contribution in [0.2, 0.25) is 0 Å². The molecule has 24 heavy (non-hydrogen) atoms. The molecule has 0 aliphatic carbocycles. The van der Waals surface area contributed by atoms with E-state index in [4.69, 9.17) is 4.52 Å². The van der Waals surface area contributed by atoms with Crippen LogP contribution in [0.15, 0.2) is 47.1 Å². The third-order valence-corrected chi connectivity index (χ3v) is 4.17. The Labute approximate surface area is 139 Å². The Morgan fingerprint density at radius 2 is 1.83 bits per heavy atom. The molecule has 2 aromatic heterocycles. The van der Waals surface area contributed by atoms with Crippen molar-refractivity contribution < 1.29 is 8.91 Å². The van der Waals surface area contributed by atoms with E-state index in [-0.39, 0.29) is 5.82 Å². The number of benzene rings is 1. The largest absolute Gasteiger partial charge is 0.357 e. The Hall–Kier alpha value is -2.76. The molecule has 0 radical (unpaired) electrons. The molecule has 122 valence electrons. The Morgan fingerprint density at radius 1 is 1.04 bits per heavy atom. The average Bonchev–Trinajstić information content (AvgIpc) is 3.29. The summed E-state index contributed by atoms with van der Waals surface area (Å²) in [5, 5.41) is 3.99. The normalized spacial score (nSPS) is 14.3. The first-order valence-electron chi connectivity index (χ1n) is 8.06. The second kappa shape index (κ2) is 6.39. The molecule has 0 N–H and O–H groups in total. The fourth-order valence-electron chi connectivity index (χ4n) is 2.87. The van der Waals surface area contributed by atoms with Crippen molar-refractivity contribution in [2.75, 3.05) is 18.0 Å². The highest BCUT2D eigenvalue weighted by atomic mass is 19.1. The van der Waals surface area contributed by atoms with Gasteiger partial charge in [-0.1, -0.05) is 17.3 Å². The highest BCUT2D eigenvalue weighted by molar-refractivity contribution is 5.55.